The molecule has 0 aliphatic heterocycles. The summed E-state index contributed by atoms with van der Waals surface area (Å²) in [6.45, 7) is 5.67. The van der Waals surface area contributed by atoms with Crippen molar-refractivity contribution in [3.8, 4) is 0 Å². The number of carboxylic acids is 2. The number of hydrogen-bond donors (Lipinski definition) is 1. The molecule has 0 saturated heterocycles. The number of aliphatic carboxylic acids is 2. The van der Waals surface area contributed by atoms with Crippen molar-refractivity contribution in [2.24, 2.45) is 0 Å². The molecule has 1 unspecified atom stereocenters. The summed E-state index contributed by atoms with van der Waals surface area (Å²) in [4.78, 5) is 17.8. The van der Waals surface area contributed by atoms with E-state index in [1.54, 1.807) is 6.92 Å². The Bertz CT molecular complexity index is 119. The first-order valence-electron chi connectivity index (χ1n) is 3.77. The molecule has 1 N–H and O–H groups in total. The summed E-state index contributed by atoms with van der Waals surface area (Å²) < 4.78 is 0. The van der Waals surface area contributed by atoms with E-state index in [4.69, 9.17) is 24.9 Å². The van der Waals surface area contributed by atoms with Crippen LogP contribution in [0.1, 0.15) is 34.1 Å². The fraction of sp³-hybridized carbons (Fsp3) is 0.750. The van der Waals surface area contributed by atoms with Gasteiger partial charge in [-0.25, -0.2) is 0 Å². The molecule has 0 radical (unpaired) electrons. The molecule has 0 aliphatic carbocycles. The van der Waals surface area contributed by atoms with E-state index in [0.29, 0.717) is 0 Å². The number of rotatable bonds is 1. The van der Waals surface area contributed by atoms with E-state index in [1.165, 1.54) is 0 Å². The number of carbonyl (C=O) groups excluding carboxylic acids is 2. The van der Waals surface area contributed by atoms with Crippen molar-refractivity contribution in [3.63, 3.8) is 0 Å². The maximum absolute atomic E-state index is 8.89. The fourth-order valence-corrected chi connectivity index (χ4v) is 0. The quantitative estimate of drug-likeness (QED) is 0.457. The Hall–Kier alpha value is 0.900. The van der Waals surface area contributed by atoms with Crippen molar-refractivity contribution < 1.29 is 84.0 Å². The van der Waals surface area contributed by atoms with Crippen LogP contribution in [0.15, 0.2) is 0 Å². The van der Waals surface area contributed by atoms with Gasteiger partial charge in [0.05, 0.1) is 6.10 Å². The minimum atomic E-state index is -1.08. The fourth-order valence-electron chi connectivity index (χ4n) is 0. The second kappa shape index (κ2) is 24.2. The molecule has 0 aromatic heterocycles. The number of aliphatic hydroxyl groups excluding tert-OH is 1. The molecule has 0 saturated carbocycles. The standard InChI is InChI=1S/C4H10O.2C2H4O2.2Na/c1-3-4(2)5;2*1-2(3)4;;/h4-5H,3H2,1-2H3;2*1H3,(H,3,4);;/q;;;2*+1/p-2. The van der Waals surface area contributed by atoms with Crippen molar-refractivity contribution in [2.45, 2.75) is 40.2 Å². The smallest absolute Gasteiger partial charge is 0.550 e. The predicted octanol–water partition coefficient (Wildman–Crippen LogP) is -7.70. The maximum atomic E-state index is 8.89. The Morgan fingerprint density at radius 3 is 1.20 bits per heavy atom. The molecule has 0 heterocycles. The van der Waals surface area contributed by atoms with Crippen LogP contribution in [0.4, 0.5) is 0 Å². The van der Waals surface area contributed by atoms with Crippen LogP contribution in [0, 0.1) is 0 Å². The zero-order valence-corrected chi connectivity index (χ0v) is 14.4. The summed E-state index contributed by atoms with van der Waals surface area (Å²) in [6, 6.07) is 0. The van der Waals surface area contributed by atoms with Crippen LogP contribution in [0.3, 0.4) is 0 Å². The third-order valence-electron chi connectivity index (χ3n) is 0.591. The molecule has 5 nitrogen and oxygen atoms in total. The zero-order chi connectivity index (χ0) is 11.4. The molecule has 7 heteroatoms. The van der Waals surface area contributed by atoms with Gasteiger partial charge in [0, 0.05) is 11.9 Å². The molecule has 15 heavy (non-hydrogen) atoms. The number of carbonyl (C=O) groups is 2. The average molecular weight is 238 g/mol. The second-order valence-electron chi connectivity index (χ2n) is 2.24. The molecule has 0 aromatic carbocycles. The SMILES string of the molecule is CC(=O)[O-].CC(=O)[O-].CCC(C)O.[Na+].[Na+]. The Morgan fingerprint density at radius 1 is 1.13 bits per heavy atom. The monoisotopic (exact) mass is 238 g/mol. The number of hydrogen-bond acceptors (Lipinski definition) is 5. The summed E-state index contributed by atoms with van der Waals surface area (Å²) in [7, 11) is 0. The molecular formula is C8H16Na2O5. The van der Waals surface area contributed by atoms with Gasteiger partial charge in [-0.2, -0.15) is 0 Å². The van der Waals surface area contributed by atoms with E-state index in [-0.39, 0.29) is 65.2 Å². The van der Waals surface area contributed by atoms with E-state index in [9.17, 15) is 0 Å². The van der Waals surface area contributed by atoms with E-state index in [0.717, 1.165) is 20.3 Å². The van der Waals surface area contributed by atoms with Gasteiger partial charge in [0.15, 0.2) is 0 Å². The third-order valence-corrected chi connectivity index (χ3v) is 0.591. The summed E-state index contributed by atoms with van der Waals surface area (Å²) >= 11 is 0. The van der Waals surface area contributed by atoms with Gasteiger partial charge in [0.25, 0.3) is 0 Å². The van der Waals surface area contributed by atoms with Crippen molar-refractivity contribution >= 4 is 11.9 Å². The molecular weight excluding hydrogens is 222 g/mol. The van der Waals surface area contributed by atoms with Gasteiger partial charge in [0.2, 0.25) is 0 Å². The van der Waals surface area contributed by atoms with Crippen molar-refractivity contribution in [2.75, 3.05) is 0 Å². The van der Waals surface area contributed by atoms with Crippen LogP contribution >= 0.6 is 0 Å². The van der Waals surface area contributed by atoms with Crippen molar-refractivity contribution in [3.05, 3.63) is 0 Å². The van der Waals surface area contributed by atoms with E-state index in [2.05, 4.69) is 0 Å². The van der Waals surface area contributed by atoms with Crippen molar-refractivity contribution in [1.29, 1.82) is 0 Å². The molecule has 0 fully saturated rings. The number of aliphatic hydroxyl groups is 1. The zero-order valence-electron chi connectivity index (χ0n) is 10.4. The van der Waals surface area contributed by atoms with Crippen LogP contribution in [-0.4, -0.2) is 23.1 Å². The topological polar surface area (TPSA) is 100 Å². The summed E-state index contributed by atoms with van der Waals surface area (Å²) in [6.07, 6.45) is 0.745. The van der Waals surface area contributed by atoms with Crippen LogP contribution in [0.2, 0.25) is 0 Å². The molecule has 80 valence electrons. The minimum Gasteiger partial charge on any atom is -0.550 e. The Morgan fingerprint density at radius 2 is 1.20 bits per heavy atom. The first-order valence-corrected chi connectivity index (χ1v) is 3.77. The summed E-state index contributed by atoms with van der Waals surface area (Å²) in [5, 5.41) is 26.1. The van der Waals surface area contributed by atoms with Gasteiger partial charge < -0.3 is 24.9 Å². The van der Waals surface area contributed by atoms with Gasteiger partial charge >= 0.3 is 59.1 Å². The Labute approximate surface area is 135 Å². The molecule has 0 aliphatic rings. The van der Waals surface area contributed by atoms with Crippen LogP contribution in [0.25, 0.3) is 0 Å². The molecule has 0 spiro atoms. The molecule has 1 atom stereocenters. The normalized spacial score (nSPS) is 8.33. The van der Waals surface area contributed by atoms with E-state index in [1.807, 2.05) is 6.92 Å². The van der Waals surface area contributed by atoms with E-state index < -0.39 is 11.9 Å². The first kappa shape index (κ1) is 29.7. The van der Waals surface area contributed by atoms with Gasteiger partial charge in [-0.3, -0.25) is 0 Å². The third kappa shape index (κ3) is 295. The first-order chi connectivity index (χ1) is 5.73. The van der Waals surface area contributed by atoms with Crippen LogP contribution in [-0.2, 0) is 9.59 Å². The Kier molecular flexibility index (Phi) is 48.0. The maximum Gasteiger partial charge on any atom is 1.00 e. The second-order valence-corrected chi connectivity index (χ2v) is 2.24. The molecule has 0 bridgehead atoms. The van der Waals surface area contributed by atoms with Gasteiger partial charge in [0.1, 0.15) is 0 Å². The molecule has 0 rings (SSSR count). The van der Waals surface area contributed by atoms with Crippen LogP contribution < -0.4 is 69.3 Å². The Balaban J connectivity index is -0.0000000315. The van der Waals surface area contributed by atoms with Gasteiger partial charge in [-0.1, -0.05) is 6.92 Å². The largest absolute Gasteiger partial charge is 1.00 e. The van der Waals surface area contributed by atoms with Gasteiger partial charge in [-0.15, -0.1) is 0 Å². The number of carboxylic acid groups (broad SMARTS) is 2. The average Bonchev–Trinajstić information content (AvgIpc) is 1.84. The minimum absolute atomic E-state index is 0. The summed E-state index contributed by atoms with van der Waals surface area (Å²) in [5.74, 6) is -2.17. The molecule has 0 aromatic rings. The van der Waals surface area contributed by atoms with E-state index >= 15 is 0 Å². The van der Waals surface area contributed by atoms with Gasteiger partial charge in [-0.05, 0) is 27.2 Å². The molecule has 0 amide bonds. The van der Waals surface area contributed by atoms with Crippen molar-refractivity contribution in [1.82, 2.24) is 0 Å². The van der Waals surface area contributed by atoms with Crippen LogP contribution in [0.5, 0.6) is 0 Å². The summed E-state index contributed by atoms with van der Waals surface area (Å²) in [5.41, 5.74) is 0. The predicted molar refractivity (Wildman–Crippen MR) is 43.3 cm³/mol.